The van der Waals surface area contributed by atoms with Gasteiger partial charge in [-0.05, 0) is 39.3 Å². The fourth-order valence-corrected chi connectivity index (χ4v) is 2.48. The summed E-state index contributed by atoms with van der Waals surface area (Å²) in [6.45, 7) is 9.47. The van der Waals surface area contributed by atoms with E-state index in [9.17, 15) is 0 Å². The predicted molar refractivity (Wildman–Crippen MR) is 76.8 cm³/mol. The van der Waals surface area contributed by atoms with Gasteiger partial charge in [-0.15, -0.1) is 0 Å². The van der Waals surface area contributed by atoms with Crippen molar-refractivity contribution in [2.45, 2.75) is 45.6 Å². The van der Waals surface area contributed by atoms with E-state index in [4.69, 9.17) is 10.7 Å². The number of imidazole rings is 1. The summed E-state index contributed by atoms with van der Waals surface area (Å²) in [6, 6.07) is 8.32. The fraction of sp³-hybridized carbons (Fsp3) is 0.533. The Morgan fingerprint density at radius 2 is 1.94 bits per heavy atom. The van der Waals surface area contributed by atoms with E-state index in [0.29, 0.717) is 12.5 Å². The third kappa shape index (κ3) is 2.15. The Labute approximate surface area is 109 Å². The Bertz CT molecular complexity index is 530. The van der Waals surface area contributed by atoms with Gasteiger partial charge in [0.25, 0.3) is 0 Å². The lowest BCUT2D eigenvalue weighted by Crippen LogP contribution is -2.27. The Morgan fingerprint density at radius 1 is 1.28 bits per heavy atom. The molecule has 1 aromatic carbocycles. The molecule has 3 heteroatoms. The summed E-state index contributed by atoms with van der Waals surface area (Å²) < 4.78 is 2.34. The number of fused-ring (bicyclic) bond motifs is 1. The van der Waals surface area contributed by atoms with Gasteiger partial charge in [-0.2, -0.15) is 0 Å². The third-order valence-corrected chi connectivity index (χ3v) is 3.40. The van der Waals surface area contributed by atoms with Crippen LogP contribution >= 0.6 is 0 Å². The van der Waals surface area contributed by atoms with Crippen molar-refractivity contribution in [1.29, 1.82) is 0 Å². The van der Waals surface area contributed by atoms with Crippen LogP contribution in [0, 0.1) is 0 Å². The molecular weight excluding hydrogens is 222 g/mol. The second kappa shape index (κ2) is 4.73. The van der Waals surface area contributed by atoms with Crippen LogP contribution in [0.15, 0.2) is 24.3 Å². The largest absolute Gasteiger partial charge is 0.330 e. The summed E-state index contributed by atoms with van der Waals surface area (Å²) in [5.41, 5.74) is 8.18. The van der Waals surface area contributed by atoms with Gasteiger partial charge in [0.05, 0.1) is 11.0 Å². The van der Waals surface area contributed by atoms with Crippen molar-refractivity contribution in [2.75, 3.05) is 6.54 Å². The Morgan fingerprint density at radius 3 is 2.50 bits per heavy atom. The number of nitrogens with zero attached hydrogens (tertiary/aromatic N) is 2. The first-order valence-electron chi connectivity index (χ1n) is 6.67. The van der Waals surface area contributed by atoms with Gasteiger partial charge in [0.2, 0.25) is 0 Å². The van der Waals surface area contributed by atoms with E-state index >= 15 is 0 Å². The third-order valence-electron chi connectivity index (χ3n) is 3.40. The summed E-state index contributed by atoms with van der Waals surface area (Å²) in [5.74, 6) is 1.45. The maximum Gasteiger partial charge on any atom is 0.114 e. The monoisotopic (exact) mass is 245 g/mol. The highest BCUT2D eigenvalue weighted by Gasteiger charge is 2.24. The highest BCUT2D eigenvalue weighted by molar-refractivity contribution is 5.76. The molecule has 2 N–H and O–H groups in total. The number of rotatable bonds is 3. The van der Waals surface area contributed by atoms with Crippen molar-refractivity contribution < 1.29 is 0 Å². The first-order chi connectivity index (χ1) is 8.49. The van der Waals surface area contributed by atoms with Crippen LogP contribution in [0.5, 0.6) is 0 Å². The second-order valence-corrected chi connectivity index (χ2v) is 5.81. The number of nitrogens with two attached hydrogens (primary N) is 1. The minimum Gasteiger partial charge on any atom is -0.330 e. The van der Waals surface area contributed by atoms with Crippen LogP contribution in [0.4, 0.5) is 0 Å². The minimum absolute atomic E-state index is 0.0219. The van der Waals surface area contributed by atoms with Crippen molar-refractivity contribution >= 4 is 11.0 Å². The van der Waals surface area contributed by atoms with Gasteiger partial charge in [-0.3, -0.25) is 0 Å². The number of benzene rings is 1. The van der Waals surface area contributed by atoms with Crippen LogP contribution in [0.1, 0.15) is 45.9 Å². The summed E-state index contributed by atoms with van der Waals surface area (Å²) in [4.78, 5) is 4.80. The quantitative estimate of drug-likeness (QED) is 0.902. The van der Waals surface area contributed by atoms with Crippen molar-refractivity contribution in [3.8, 4) is 0 Å². The van der Waals surface area contributed by atoms with Crippen LogP contribution in [0.25, 0.3) is 11.0 Å². The Hall–Kier alpha value is -1.35. The average Bonchev–Trinajstić information content (AvgIpc) is 2.69. The highest BCUT2D eigenvalue weighted by Crippen LogP contribution is 2.29. The SMILES string of the molecule is CCC(CN)c1nc2ccccc2n1C(C)(C)C. The standard InChI is InChI=1S/C15H23N3/c1-5-11(10-16)14-17-12-8-6-7-9-13(12)18(14)15(2,3)4/h6-9,11H,5,10,16H2,1-4H3. The summed E-state index contributed by atoms with van der Waals surface area (Å²) in [6.07, 6.45) is 1.02. The molecule has 0 saturated heterocycles. The number of hydrogen-bond donors (Lipinski definition) is 1. The van der Waals surface area contributed by atoms with Crippen molar-refractivity contribution in [3.63, 3.8) is 0 Å². The second-order valence-electron chi connectivity index (χ2n) is 5.81. The van der Waals surface area contributed by atoms with Gasteiger partial charge >= 0.3 is 0 Å². The zero-order chi connectivity index (χ0) is 13.3. The number of para-hydroxylation sites is 2. The van der Waals surface area contributed by atoms with Crippen LogP contribution in [-0.2, 0) is 5.54 Å². The molecule has 2 rings (SSSR count). The van der Waals surface area contributed by atoms with Crippen molar-refractivity contribution in [1.82, 2.24) is 9.55 Å². The summed E-state index contributed by atoms with van der Waals surface area (Å²) >= 11 is 0. The maximum absolute atomic E-state index is 5.90. The molecule has 0 spiro atoms. The maximum atomic E-state index is 5.90. The van der Waals surface area contributed by atoms with Crippen LogP contribution in [0.2, 0.25) is 0 Å². The molecule has 0 amide bonds. The molecule has 1 heterocycles. The average molecular weight is 245 g/mol. The first kappa shape index (κ1) is 13.1. The molecule has 0 saturated carbocycles. The smallest absolute Gasteiger partial charge is 0.114 e. The Kier molecular flexibility index (Phi) is 3.44. The van der Waals surface area contributed by atoms with E-state index in [-0.39, 0.29) is 5.54 Å². The van der Waals surface area contributed by atoms with Gasteiger partial charge in [-0.25, -0.2) is 4.98 Å². The normalized spacial score (nSPS) is 14.1. The lowest BCUT2D eigenvalue weighted by atomic mass is 10.0. The lowest BCUT2D eigenvalue weighted by Gasteiger charge is -2.27. The molecule has 1 unspecified atom stereocenters. The van der Waals surface area contributed by atoms with Gasteiger partial charge in [0.1, 0.15) is 5.82 Å². The molecular formula is C15H23N3. The van der Waals surface area contributed by atoms with Gasteiger partial charge in [0.15, 0.2) is 0 Å². The predicted octanol–water partition coefficient (Wildman–Crippen LogP) is 3.24. The van der Waals surface area contributed by atoms with E-state index in [1.807, 2.05) is 6.07 Å². The molecule has 0 bridgehead atoms. The van der Waals surface area contributed by atoms with E-state index in [0.717, 1.165) is 17.8 Å². The molecule has 0 fully saturated rings. The van der Waals surface area contributed by atoms with Crippen molar-refractivity contribution in [3.05, 3.63) is 30.1 Å². The van der Waals surface area contributed by atoms with E-state index in [2.05, 4.69) is 50.5 Å². The molecule has 18 heavy (non-hydrogen) atoms. The molecule has 98 valence electrons. The summed E-state index contributed by atoms with van der Waals surface area (Å²) in [5, 5.41) is 0. The minimum atomic E-state index is 0.0219. The van der Waals surface area contributed by atoms with E-state index in [1.54, 1.807) is 0 Å². The van der Waals surface area contributed by atoms with Crippen molar-refractivity contribution in [2.24, 2.45) is 5.73 Å². The fourth-order valence-electron chi connectivity index (χ4n) is 2.48. The molecule has 1 aromatic heterocycles. The molecule has 0 aliphatic carbocycles. The molecule has 1 atom stereocenters. The molecule has 0 radical (unpaired) electrons. The zero-order valence-corrected chi connectivity index (χ0v) is 11.8. The highest BCUT2D eigenvalue weighted by atomic mass is 15.1. The van der Waals surface area contributed by atoms with Gasteiger partial charge in [-0.1, -0.05) is 19.1 Å². The molecule has 0 aliphatic rings. The van der Waals surface area contributed by atoms with Gasteiger partial charge in [0, 0.05) is 18.0 Å². The van der Waals surface area contributed by atoms with Crippen LogP contribution in [-0.4, -0.2) is 16.1 Å². The van der Waals surface area contributed by atoms with E-state index in [1.165, 1.54) is 5.52 Å². The lowest BCUT2D eigenvalue weighted by molar-refractivity contribution is 0.381. The van der Waals surface area contributed by atoms with Crippen LogP contribution in [0.3, 0.4) is 0 Å². The Balaban J connectivity index is 2.72. The molecule has 2 aromatic rings. The molecule has 3 nitrogen and oxygen atoms in total. The summed E-state index contributed by atoms with van der Waals surface area (Å²) in [7, 11) is 0. The first-order valence-corrected chi connectivity index (χ1v) is 6.67. The topological polar surface area (TPSA) is 43.8 Å². The van der Waals surface area contributed by atoms with Gasteiger partial charge < -0.3 is 10.3 Å². The zero-order valence-electron chi connectivity index (χ0n) is 11.8. The number of aromatic nitrogens is 2. The van der Waals surface area contributed by atoms with E-state index < -0.39 is 0 Å². The number of hydrogen-bond acceptors (Lipinski definition) is 2. The van der Waals surface area contributed by atoms with Crippen LogP contribution < -0.4 is 5.73 Å². The molecule has 0 aliphatic heterocycles.